The molecule has 1 N–H and O–H groups in total. The van der Waals surface area contributed by atoms with Gasteiger partial charge in [-0.25, -0.2) is 0 Å². The van der Waals surface area contributed by atoms with E-state index in [-0.39, 0.29) is 5.91 Å². The highest BCUT2D eigenvalue weighted by Gasteiger charge is 2.23. The number of hydrogen-bond donors (Lipinski definition) is 1. The topological polar surface area (TPSA) is 72.2 Å². The van der Waals surface area contributed by atoms with Crippen LogP contribution in [0, 0.1) is 12.3 Å². The van der Waals surface area contributed by atoms with Gasteiger partial charge in [-0.15, -0.1) is 10.2 Å². The minimum absolute atomic E-state index is 0.0286. The maximum Gasteiger partial charge on any atom is 0.234 e. The van der Waals surface area contributed by atoms with Crippen LogP contribution < -0.4 is 5.32 Å². The Hall–Kier alpha value is -2.28. The smallest absolute Gasteiger partial charge is 0.234 e. The zero-order valence-electron chi connectivity index (χ0n) is 12.9. The minimum atomic E-state index is -0.453. The molecular formula is C15H17N5OS. The second kappa shape index (κ2) is 5.17. The van der Waals surface area contributed by atoms with Crippen LogP contribution in [0.15, 0.2) is 24.3 Å². The van der Waals surface area contributed by atoms with Crippen LogP contribution in [0.3, 0.4) is 0 Å². The fourth-order valence-corrected chi connectivity index (χ4v) is 2.84. The molecule has 0 aliphatic heterocycles. The maximum atomic E-state index is 12.2. The van der Waals surface area contributed by atoms with Crippen molar-refractivity contribution in [1.29, 1.82) is 0 Å². The molecule has 3 aromatic rings. The summed E-state index contributed by atoms with van der Waals surface area (Å²) in [5.41, 5.74) is 1.19. The van der Waals surface area contributed by atoms with E-state index in [9.17, 15) is 4.79 Å². The molecule has 0 radical (unpaired) electrons. The standard InChI is InChI=1S/C15H17N5OS/c1-9-17-18-14-20(9)19-12(22-14)10-7-5-6-8-11(10)16-13(21)15(2,3)4/h5-8H,1-4H3,(H,16,21). The van der Waals surface area contributed by atoms with Crippen LogP contribution in [0.1, 0.15) is 26.6 Å². The van der Waals surface area contributed by atoms with Crippen LogP contribution in [-0.4, -0.2) is 25.7 Å². The summed E-state index contributed by atoms with van der Waals surface area (Å²) in [6, 6.07) is 7.65. The summed E-state index contributed by atoms with van der Waals surface area (Å²) in [4.78, 5) is 13.0. The van der Waals surface area contributed by atoms with E-state index in [1.165, 1.54) is 11.3 Å². The molecule has 7 heteroatoms. The SMILES string of the molecule is Cc1nnc2sc(-c3ccccc3NC(=O)C(C)(C)C)nn12. The van der Waals surface area contributed by atoms with Crippen molar-refractivity contribution in [2.24, 2.45) is 5.41 Å². The fourth-order valence-electron chi connectivity index (χ4n) is 1.91. The first kappa shape index (κ1) is 14.6. The van der Waals surface area contributed by atoms with Crippen LogP contribution in [0.25, 0.3) is 15.5 Å². The number of fused-ring (bicyclic) bond motifs is 1. The molecule has 0 spiro atoms. The first-order valence-electron chi connectivity index (χ1n) is 6.96. The van der Waals surface area contributed by atoms with Crippen molar-refractivity contribution < 1.29 is 4.79 Å². The molecule has 22 heavy (non-hydrogen) atoms. The number of rotatable bonds is 2. The van der Waals surface area contributed by atoms with E-state index in [1.807, 2.05) is 52.0 Å². The van der Waals surface area contributed by atoms with Crippen molar-refractivity contribution in [3.63, 3.8) is 0 Å². The number of nitrogens with one attached hydrogen (secondary N) is 1. The van der Waals surface area contributed by atoms with Gasteiger partial charge in [0.1, 0.15) is 5.01 Å². The number of aryl methyl sites for hydroxylation is 1. The lowest BCUT2D eigenvalue weighted by Crippen LogP contribution is -2.27. The van der Waals surface area contributed by atoms with Crippen LogP contribution in [0.4, 0.5) is 5.69 Å². The Bertz CT molecular complexity index is 843. The summed E-state index contributed by atoms with van der Waals surface area (Å²) < 4.78 is 1.71. The summed E-state index contributed by atoms with van der Waals surface area (Å²) in [5, 5.41) is 16.4. The van der Waals surface area contributed by atoms with Crippen LogP contribution in [0.5, 0.6) is 0 Å². The van der Waals surface area contributed by atoms with Gasteiger partial charge in [0, 0.05) is 11.0 Å². The monoisotopic (exact) mass is 315 g/mol. The van der Waals surface area contributed by atoms with E-state index >= 15 is 0 Å². The largest absolute Gasteiger partial charge is 0.325 e. The van der Waals surface area contributed by atoms with E-state index in [4.69, 9.17) is 0 Å². The van der Waals surface area contributed by atoms with Gasteiger partial charge in [-0.2, -0.15) is 9.61 Å². The quantitative estimate of drug-likeness (QED) is 0.788. The Morgan fingerprint density at radius 3 is 2.64 bits per heavy atom. The molecule has 0 saturated carbocycles. The lowest BCUT2D eigenvalue weighted by atomic mass is 9.95. The number of carbonyl (C=O) groups excluding carboxylic acids is 1. The number of anilines is 1. The third-order valence-electron chi connectivity index (χ3n) is 3.23. The van der Waals surface area contributed by atoms with Crippen LogP contribution in [0.2, 0.25) is 0 Å². The molecule has 3 rings (SSSR count). The molecule has 1 amide bonds. The van der Waals surface area contributed by atoms with E-state index in [1.54, 1.807) is 4.52 Å². The predicted molar refractivity (Wildman–Crippen MR) is 86.9 cm³/mol. The molecule has 0 bridgehead atoms. The normalized spacial score (nSPS) is 11.8. The van der Waals surface area contributed by atoms with Gasteiger partial charge >= 0.3 is 0 Å². The van der Waals surface area contributed by atoms with Crippen molar-refractivity contribution >= 4 is 27.9 Å². The van der Waals surface area contributed by atoms with E-state index in [0.29, 0.717) is 0 Å². The van der Waals surface area contributed by atoms with Crippen LogP contribution >= 0.6 is 11.3 Å². The van der Waals surface area contributed by atoms with E-state index < -0.39 is 5.41 Å². The Morgan fingerprint density at radius 1 is 1.23 bits per heavy atom. The molecular weight excluding hydrogens is 298 g/mol. The lowest BCUT2D eigenvalue weighted by Gasteiger charge is -2.18. The van der Waals surface area contributed by atoms with Gasteiger partial charge < -0.3 is 5.32 Å². The Morgan fingerprint density at radius 2 is 1.95 bits per heavy atom. The Kier molecular flexibility index (Phi) is 3.44. The number of hydrogen-bond acceptors (Lipinski definition) is 5. The van der Waals surface area contributed by atoms with Gasteiger partial charge in [0.05, 0.1) is 5.69 Å². The minimum Gasteiger partial charge on any atom is -0.325 e. The molecule has 2 heterocycles. The summed E-state index contributed by atoms with van der Waals surface area (Å²) in [6.07, 6.45) is 0. The Labute approximate surface area is 132 Å². The van der Waals surface area contributed by atoms with Crippen molar-refractivity contribution in [3.05, 3.63) is 30.1 Å². The van der Waals surface area contributed by atoms with Gasteiger partial charge in [0.2, 0.25) is 10.9 Å². The molecule has 6 nitrogen and oxygen atoms in total. The van der Waals surface area contributed by atoms with Crippen LogP contribution in [-0.2, 0) is 4.79 Å². The van der Waals surface area contributed by atoms with Gasteiger partial charge in [-0.1, -0.05) is 44.2 Å². The summed E-state index contributed by atoms with van der Waals surface area (Å²) in [7, 11) is 0. The second-order valence-electron chi connectivity index (χ2n) is 6.10. The van der Waals surface area contributed by atoms with Gasteiger partial charge in [-0.3, -0.25) is 4.79 Å². The zero-order chi connectivity index (χ0) is 15.9. The zero-order valence-corrected chi connectivity index (χ0v) is 13.7. The first-order valence-corrected chi connectivity index (χ1v) is 7.77. The maximum absolute atomic E-state index is 12.2. The summed E-state index contributed by atoms with van der Waals surface area (Å²) in [5.74, 6) is 0.716. The fraction of sp³-hybridized carbons (Fsp3) is 0.333. The summed E-state index contributed by atoms with van der Waals surface area (Å²) >= 11 is 1.45. The number of para-hydroxylation sites is 1. The van der Waals surface area contributed by atoms with Gasteiger partial charge in [0.25, 0.3) is 0 Å². The first-order chi connectivity index (χ1) is 10.4. The van der Waals surface area contributed by atoms with Gasteiger partial charge in [0.15, 0.2) is 5.82 Å². The number of nitrogens with zero attached hydrogens (tertiary/aromatic N) is 4. The molecule has 0 saturated heterocycles. The molecule has 0 aliphatic carbocycles. The number of aromatic nitrogens is 4. The predicted octanol–water partition coefficient (Wildman–Crippen LogP) is 3.15. The van der Waals surface area contributed by atoms with E-state index in [0.717, 1.165) is 27.0 Å². The Balaban J connectivity index is 2.02. The molecule has 0 atom stereocenters. The van der Waals surface area contributed by atoms with E-state index in [2.05, 4.69) is 20.6 Å². The van der Waals surface area contributed by atoms with Crippen molar-refractivity contribution in [2.75, 3.05) is 5.32 Å². The average molecular weight is 315 g/mol. The average Bonchev–Trinajstić information content (AvgIpc) is 3.01. The highest BCUT2D eigenvalue weighted by Crippen LogP contribution is 2.32. The second-order valence-corrected chi connectivity index (χ2v) is 7.05. The highest BCUT2D eigenvalue weighted by molar-refractivity contribution is 7.19. The lowest BCUT2D eigenvalue weighted by molar-refractivity contribution is -0.123. The molecule has 2 aromatic heterocycles. The van der Waals surface area contributed by atoms with Crippen molar-refractivity contribution in [2.45, 2.75) is 27.7 Å². The number of carbonyl (C=O) groups is 1. The molecule has 0 fully saturated rings. The molecule has 114 valence electrons. The molecule has 0 unspecified atom stereocenters. The number of benzene rings is 1. The molecule has 1 aromatic carbocycles. The highest BCUT2D eigenvalue weighted by atomic mass is 32.1. The third-order valence-corrected chi connectivity index (χ3v) is 4.17. The number of amides is 1. The summed E-state index contributed by atoms with van der Waals surface area (Å²) in [6.45, 7) is 7.52. The third kappa shape index (κ3) is 2.59. The molecule has 0 aliphatic rings. The van der Waals surface area contributed by atoms with Gasteiger partial charge in [-0.05, 0) is 19.1 Å². The van der Waals surface area contributed by atoms with Crippen molar-refractivity contribution in [3.8, 4) is 10.6 Å². The van der Waals surface area contributed by atoms with Crippen molar-refractivity contribution in [1.82, 2.24) is 19.8 Å².